The van der Waals surface area contributed by atoms with Gasteiger partial charge in [-0.2, -0.15) is 5.10 Å². The van der Waals surface area contributed by atoms with Crippen LogP contribution in [0.3, 0.4) is 0 Å². The van der Waals surface area contributed by atoms with Crippen molar-refractivity contribution in [3.8, 4) is 11.3 Å². The normalized spacial score (nSPS) is 16.3. The number of ether oxygens (including phenoxy) is 1. The highest BCUT2D eigenvalue weighted by Crippen LogP contribution is 2.37. The highest BCUT2D eigenvalue weighted by molar-refractivity contribution is 5.90. The molecule has 0 saturated heterocycles. The third-order valence-electron chi connectivity index (χ3n) is 5.26. The largest absolute Gasteiger partial charge is 0.463 e. The van der Waals surface area contributed by atoms with Crippen LogP contribution >= 0.6 is 0 Å². The summed E-state index contributed by atoms with van der Waals surface area (Å²) in [5.41, 5.74) is 2.59. The lowest BCUT2D eigenvalue weighted by molar-refractivity contribution is -0.148. The number of nitrogens with zero attached hydrogens (tertiary/aromatic N) is 4. The van der Waals surface area contributed by atoms with E-state index in [0.717, 1.165) is 35.1 Å². The molecule has 0 spiro atoms. The first-order chi connectivity index (χ1) is 13.1. The summed E-state index contributed by atoms with van der Waals surface area (Å²) in [6.07, 6.45) is 12.2. The Balaban J connectivity index is 1.63. The fourth-order valence-corrected chi connectivity index (χ4v) is 4.04. The van der Waals surface area contributed by atoms with Crippen LogP contribution in [0.1, 0.15) is 52.0 Å². The quantitative estimate of drug-likeness (QED) is 0.668. The molecule has 142 valence electrons. The van der Waals surface area contributed by atoms with Gasteiger partial charge in [0.2, 0.25) is 0 Å². The molecule has 1 atom stereocenters. The number of H-pyrrole nitrogens is 1. The number of carbonyl (C=O) groups excluding carboxylic acids is 1. The summed E-state index contributed by atoms with van der Waals surface area (Å²) in [5, 5.41) is 5.57. The van der Waals surface area contributed by atoms with Crippen molar-refractivity contribution in [2.24, 2.45) is 5.92 Å². The second-order valence-corrected chi connectivity index (χ2v) is 7.53. The molecule has 27 heavy (non-hydrogen) atoms. The first kappa shape index (κ1) is 17.7. The minimum absolute atomic E-state index is 0.0241. The minimum Gasteiger partial charge on any atom is -0.463 e. The van der Waals surface area contributed by atoms with Gasteiger partial charge < -0.3 is 9.72 Å². The van der Waals surface area contributed by atoms with E-state index in [1.54, 1.807) is 6.33 Å². The first-order valence-electron chi connectivity index (χ1n) is 9.64. The Kier molecular flexibility index (Phi) is 4.92. The maximum Gasteiger partial charge on any atom is 0.308 e. The first-order valence-corrected chi connectivity index (χ1v) is 9.64. The molecule has 3 aromatic heterocycles. The summed E-state index contributed by atoms with van der Waals surface area (Å²) < 4.78 is 7.33. The second kappa shape index (κ2) is 7.50. The summed E-state index contributed by atoms with van der Waals surface area (Å²) in [7, 11) is 0. The molecule has 0 aliphatic heterocycles. The molecular weight excluding hydrogens is 342 g/mol. The molecule has 0 bridgehead atoms. The number of aromatic amines is 1. The molecule has 1 aliphatic rings. The van der Waals surface area contributed by atoms with Crippen molar-refractivity contribution in [1.29, 1.82) is 0 Å². The molecule has 0 radical (unpaired) electrons. The molecule has 1 saturated carbocycles. The number of aromatic nitrogens is 5. The number of rotatable bonds is 6. The smallest absolute Gasteiger partial charge is 0.308 e. The molecule has 7 nitrogen and oxygen atoms in total. The van der Waals surface area contributed by atoms with E-state index in [0.29, 0.717) is 12.3 Å². The summed E-state index contributed by atoms with van der Waals surface area (Å²) in [4.78, 5) is 24.1. The van der Waals surface area contributed by atoms with Gasteiger partial charge in [0.1, 0.15) is 12.0 Å². The molecule has 7 heteroatoms. The second-order valence-electron chi connectivity index (χ2n) is 7.53. The van der Waals surface area contributed by atoms with Crippen LogP contribution in [0.4, 0.5) is 0 Å². The van der Waals surface area contributed by atoms with Crippen molar-refractivity contribution in [2.75, 3.05) is 0 Å². The Labute approximate surface area is 158 Å². The number of carbonyl (C=O) groups is 1. The topological polar surface area (TPSA) is 85.7 Å². The van der Waals surface area contributed by atoms with Gasteiger partial charge in [0.05, 0.1) is 30.5 Å². The van der Waals surface area contributed by atoms with E-state index in [4.69, 9.17) is 4.74 Å². The predicted molar refractivity (Wildman–Crippen MR) is 102 cm³/mol. The molecule has 0 unspecified atom stereocenters. The van der Waals surface area contributed by atoms with Crippen LogP contribution in [0.2, 0.25) is 0 Å². The monoisotopic (exact) mass is 367 g/mol. The lowest BCUT2D eigenvalue weighted by atomic mass is 9.95. The highest BCUT2D eigenvalue weighted by atomic mass is 16.5. The molecule has 0 amide bonds. The van der Waals surface area contributed by atoms with Crippen molar-refractivity contribution in [3.63, 3.8) is 0 Å². The Hall–Kier alpha value is -2.70. The number of hydrogen-bond donors (Lipinski definition) is 1. The van der Waals surface area contributed by atoms with Crippen LogP contribution in [-0.2, 0) is 9.53 Å². The van der Waals surface area contributed by atoms with Crippen molar-refractivity contribution < 1.29 is 9.53 Å². The Morgan fingerprint density at radius 3 is 2.93 bits per heavy atom. The average Bonchev–Trinajstić information content (AvgIpc) is 3.39. The Bertz CT molecular complexity index is 923. The van der Waals surface area contributed by atoms with Crippen LogP contribution in [0.25, 0.3) is 22.3 Å². The van der Waals surface area contributed by atoms with Crippen molar-refractivity contribution >= 4 is 17.0 Å². The van der Waals surface area contributed by atoms with Crippen molar-refractivity contribution in [2.45, 2.75) is 58.1 Å². The maximum atomic E-state index is 12.3. The summed E-state index contributed by atoms with van der Waals surface area (Å²) in [5.74, 6) is 0.296. The molecular formula is C20H25N5O2. The maximum absolute atomic E-state index is 12.3. The SMILES string of the molecule is CC(C)OC(=O)C[C@H](C1CCCC1)n1cc(-c2ncnc3[nH]ccc23)cn1. The third-order valence-corrected chi connectivity index (χ3v) is 5.26. The number of nitrogens with one attached hydrogen (secondary N) is 1. The van der Waals surface area contributed by atoms with Gasteiger partial charge in [0, 0.05) is 23.3 Å². The van der Waals surface area contributed by atoms with Gasteiger partial charge in [0.25, 0.3) is 0 Å². The van der Waals surface area contributed by atoms with E-state index >= 15 is 0 Å². The zero-order valence-corrected chi connectivity index (χ0v) is 15.8. The van der Waals surface area contributed by atoms with Gasteiger partial charge in [-0.15, -0.1) is 0 Å². The van der Waals surface area contributed by atoms with Gasteiger partial charge >= 0.3 is 5.97 Å². The van der Waals surface area contributed by atoms with Crippen LogP contribution < -0.4 is 0 Å². The minimum atomic E-state index is -0.158. The zero-order valence-electron chi connectivity index (χ0n) is 15.8. The van der Waals surface area contributed by atoms with Gasteiger partial charge in [-0.05, 0) is 38.7 Å². The summed E-state index contributed by atoms with van der Waals surface area (Å²) in [6, 6.07) is 1.99. The van der Waals surface area contributed by atoms with E-state index in [9.17, 15) is 4.79 Å². The molecule has 1 aliphatic carbocycles. The van der Waals surface area contributed by atoms with E-state index in [2.05, 4.69) is 20.1 Å². The zero-order chi connectivity index (χ0) is 18.8. The summed E-state index contributed by atoms with van der Waals surface area (Å²) >= 11 is 0. The van der Waals surface area contributed by atoms with E-state index in [1.165, 1.54) is 12.8 Å². The third kappa shape index (κ3) is 3.72. The number of hydrogen-bond acceptors (Lipinski definition) is 5. The lowest BCUT2D eigenvalue weighted by Crippen LogP contribution is -2.23. The predicted octanol–water partition coefficient (Wildman–Crippen LogP) is 3.89. The fourth-order valence-electron chi connectivity index (χ4n) is 4.04. The number of fused-ring (bicyclic) bond motifs is 1. The van der Waals surface area contributed by atoms with Crippen molar-refractivity contribution in [3.05, 3.63) is 31.0 Å². The van der Waals surface area contributed by atoms with E-state index in [-0.39, 0.29) is 18.1 Å². The molecule has 3 aromatic rings. The van der Waals surface area contributed by atoms with Crippen molar-refractivity contribution in [1.82, 2.24) is 24.7 Å². The van der Waals surface area contributed by atoms with Crippen LogP contribution in [0, 0.1) is 5.92 Å². The highest BCUT2D eigenvalue weighted by Gasteiger charge is 2.30. The van der Waals surface area contributed by atoms with Gasteiger partial charge in [-0.3, -0.25) is 9.48 Å². The number of esters is 1. The Morgan fingerprint density at radius 2 is 2.15 bits per heavy atom. The van der Waals surface area contributed by atoms with Gasteiger partial charge in [0.15, 0.2) is 0 Å². The van der Waals surface area contributed by atoms with Crippen LogP contribution in [0.15, 0.2) is 31.0 Å². The molecule has 1 N–H and O–H groups in total. The van der Waals surface area contributed by atoms with Crippen LogP contribution in [-0.4, -0.2) is 36.8 Å². The average molecular weight is 367 g/mol. The Morgan fingerprint density at radius 1 is 1.33 bits per heavy atom. The van der Waals surface area contributed by atoms with Gasteiger partial charge in [-0.1, -0.05) is 12.8 Å². The molecule has 0 aromatic carbocycles. The molecule has 3 heterocycles. The van der Waals surface area contributed by atoms with E-state index in [1.807, 2.05) is 43.2 Å². The van der Waals surface area contributed by atoms with Gasteiger partial charge in [-0.25, -0.2) is 9.97 Å². The molecule has 4 rings (SSSR count). The standard InChI is InChI=1S/C20H25N5O2/c1-13(2)27-18(26)9-17(14-5-3-4-6-14)25-11-15(10-24-25)19-16-7-8-21-20(16)23-12-22-19/h7-8,10-14,17H,3-6,9H2,1-2H3,(H,21,22,23)/t17-/m1/s1. The van der Waals surface area contributed by atoms with Crippen LogP contribution in [0.5, 0.6) is 0 Å². The summed E-state index contributed by atoms with van der Waals surface area (Å²) in [6.45, 7) is 3.76. The van der Waals surface area contributed by atoms with E-state index < -0.39 is 0 Å². The molecule has 1 fully saturated rings. The fraction of sp³-hybridized carbons (Fsp3) is 0.500. The lowest BCUT2D eigenvalue weighted by Gasteiger charge is -2.23.